The van der Waals surface area contributed by atoms with Gasteiger partial charge in [0.1, 0.15) is 6.10 Å². The minimum atomic E-state index is -1.06. The fourth-order valence-electron chi connectivity index (χ4n) is 1.86. The predicted octanol–water partition coefficient (Wildman–Crippen LogP) is 1.60. The minimum Gasteiger partial charge on any atom is -0.462 e. The second-order valence-electron chi connectivity index (χ2n) is 4.05. The first-order chi connectivity index (χ1) is 8.43. The standard InChI is InChI=1S/C12H18BrNO4/c1-4-18-12(17)9-6(2)10(14-7(9)3)11(16)8(15)5-13/h8,11,14-16H,4-5H2,1-3H3. The topological polar surface area (TPSA) is 82.6 Å². The molecule has 0 spiro atoms. The number of nitrogens with one attached hydrogen (secondary N) is 1. The molecule has 0 aromatic carbocycles. The van der Waals surface area contributed by atoms with Crippen LogP contribution in [0.1, 0.15) is 40.3 Å². The van der Waals surface area contributed by atoms with E-state index in [9.17, 15) is 15.0 Å². The van der Waals surface area contributed by atoms with E-state index in [2.05, 4.69) is 20.9 Å². The predicted molar refractivity (Wildman–Crippen MR) is 71.0 cm³/mol. The maximum absolute atomic E-state index is 11.8. The summed E-state index contributed by atoms with van der Waals surface area (Å²) in [7, 11) is 0. The number of hydrogen-bond acceptors (Lipinski definition) is 4. The van der Waals surface area contributed by atoms with Gasteiger partial charge in [-0.1, -0.05) is 15.9 Å². The van der Waals surface area contributed by atoms with E-state index in [1.54, 1.807) is 20.8 Å². The molecule has 6 heteroatoms. The van der Waals surface area contributed by atoms with E-state index in [1.807, 2.05) is 0 Å². The summed E-state index contributed by atoms with van der Waals surface area (Å²) in [6.07, 6.45) is -2.00. The van der Waals surface area contributed by atoms with Gasteiger partial charge in [-0.05, 0) is 26.3 Å². The van der Waals surface area contributed by atoms with Crippen molar-refractivity contribution in [2.45, 2.75) is 33.0 Å². The highest BCUT2D eigenvalue weighted by molar-refractivity contribution is 9.09. The summed E-state index contributed by atoms with van der Waals surface area (Å²) in [6, 6.07) is 0. The van der Waals surface area contributed by atoms with Gasteiger partial charge in [0.05, 0.1) is 24.0 Å². The lowest BCUT2D eigenvalue weighted by atomic mass is 10.1. The van der Waals surface area contributed by atoms with Crippen molar-refractivity contribution >= 4 is 21.9 Å². The van der Waals surface area contributed by atoms with Crippen molar-refractivity contribution in [1.82, 2.24) is 4.98 Å². The van der Waals surface area contributed by atoms with Gasteiger partial charge < -0.3 is 19.9 Å². The third kappa shape index (κ3) is 2.93. The number of aliphatic hydroxyl groups excluding tert-OH is 2. The van der Waals surface area contributed by atoms with Crippen LogP contribution in [0.4, 0.5) is 0 Å². The van der Waals surface area contributed by atoms with Crippen LogP contribution in [0, 0.1) is 13.8 Å². The normalized spacial score (nSPS) is 14.3. The first-order valence-electron chi connectivity index (χ1n) is 5.72. The summed E-state index contributed by atoms with van der Waals surface area (Å²) in [4.78, 5) is 14.7. The average molecular weight is 320 g/mol. The number of carbonyl (C=O) groups excluding carboxylic acids is 1. The molecule has 1 aromatic rings. The Hall–Kier alpha value is -0.850. The van der Waals surface area contributed by atoms with Gasteiger partial charge in [-0.15, -0.1) is 0 Å². The molecule has 0 bridgehead atoms. The summed E-state index contributed by atoms with van der Waals surface area (Å²) >= 11 is 3.10. The Labute approximate surface area is 114 Å². The molecule has 1 aromatic heterocycles. The van der Waals surface area contributed by atoms with Crippen molar-refractivity contribution in [1.29, 1.82) is 0 Å². The molecular weight excluding hydrogens is 302 g/mol. The Kier molecular flexibility index (Phi) is 5.37. The number of H-pyrrole nitrogens is 1. The lowest BCUT2D eigenvalue weighted by Crippen LogP contribution is -2.20. The number of carbonyl (C=O) groups is 1. The van der Waals surface area contributed by atoms with Crippen LogP contribution in [-0.2, 0) is 4.74 Å². The largest absolute Gasteiger partial charge is 0.462 e. The van der Waals surface area contributed by atoms with Crippen LogP contribution in [0.15, 0.2) is 0 Å². The lowest BCUT2D eigenvalue weighted by Gasteiger charge is -2.15. The summed E-state index contributed by atoms with van der Waals surface area (Å²) < 4.78 is 4.96. The molecule has 0 aliphatic carbocycles. The van der Waals surface area contributed by atoms with Gasteiger partial charge in [-0.3, -0.25) is 0 Å². The smallest absolute Gasteiger partial charge is 0.340 e. The zero-order valence-electron chi connectivity index (χ0n) is 10.7. The molecule has 2 unspecified atom stereocenters. The molecule has 0 saturated heterocycles. The summed E-state index contributed by atoms with van der Waals surface area (Å²) in [5.41, 5.74) is 2.11. The zero-order chi connectivity index (χ0) is 13.9. The van der Waals surface area contributed by atoms with Crippen molar-refractivity contribution in [2.24, 2.45) is 0 Å². The van der Waals surface area contributed by atoms with Crippen molar-refractivity contribution < 1.29 is 19.7 Å². The minimum absolute atomic E-state index is 0.250. The van der Waals surface area contributed by atoms with Crippen molar-refractivity contribution in [3.8, 4) is 0 Å². The van der Waals surface area contributed by atoms with Gasteiger partial charge in [-0.2, -0.15) is 0 Å². The van der Waals surface area contributed by atoms with Crippen LogP contribution in [0.5, 0.6) is 0 Å². The third-order valence-corrected chi connectivity index (χ3v) is 3.44. The Balaban J connectivity index is 3.11. The van der Waals surface area contributed by atoms with Gasteiger partial charge in [0, 0.05) is 11.0 Å². The van der Waals surface area contributed by atoms with Gasteiger partial charge in [-0.25, -0.2) is 4.79 Å². The molecule has 1 heterocycles. The molecule has 0 aliphatic rings. The van der Waals surface area contributed by atoms with Gasteiger partial charge in [0.2, 0.25) is 0 Å². The van der Waals surface area contributed by atoms with Crippen LogP contribution in [-0.4, -0.2) is 39.2 Å². The third-order valence-electron chi connectivity index (χ3n) is 2.77. The van der Waals surface area contributed by atoms with E-state index in [0.717, 1.165) is 0 Å². The highest BCUT2D eigenvalue weighted by atomic mass is 79.9. The monoisotopic (exact) mass is 319 g/mol. The number of aryl methyl sites for hydroxylation is 1. The van der Waals surface area contributed by atoms with Gasteiger partial charge in [0.25, 0.3) is 0 Å². The highest BCUT2D eigenvalue weighted by Gasteiger charge is 2.26. The number of aromatic amines is 1. The van der Waals surface area contributed by atoms with Crippen LogP contribution >= 0.6 is 15.9 Å². The molecule has 0 fully saturated rings. The number of alkyl halides is 1. The summed E-state index contributed by atoms with van der Waals surface area (Å²) in [5.74, 6) is -0.421. The van der Waals surface area contributed by atoms with E-state index in [4.69, 9.17) is 4.74 Å². The number of halogens is 1. The number of ether oxygens (including phenoxy) is 1. The molecular formula is C12H18BrNO4. The molecule has 102 valence electrons. The zero-order valence-corrected chi connectivity index (χ0v) is 12.2. The molecule has 0 amide bonds. The van der Waals surface area contributed by atoms with E-state index < -0.39 is 18.2 Å². The lowest BCUT2D eigenvalue weighted by molar-refractivity contribution is 0.0313. The van der Waals surface area contributed by atoms with Crippen molar-refractivity contribution in [2.75, 3.05) is 11.9 Å². The number of hydrogen-bond donors (Lipinski definition) is 3. The molecule has 1 rings (SSSR count). The average Bonchev–Trinajstić information content (AvgIpc) is 2.63. The molecule has 5 nitrogen and oxygen atoms in total. The molecule has 0 radical (unpaired) electrons. The number of aromatic nitrogens is 1. The SMILES string of the molecule is CCOC(=O)c1c(C)[nH]c(C(O)C(O)CBr)c1C. The second-order valence-corrected chi connectivity index (χ2v) is 4.70. The van der Waals surface area contributed by atoms with Crippen LogP contribution in [0.3, 0.4) is 0 Å². The van der Waals surface area contributed by atoms with Crippen LogP contribution in [0.25, 0.3) is 0 Å². The fraction of sp³-hybridized carbons (Fsp3) is 0.583. The second kappa shape index (κ2) is 6.36. The highest BCUT2D eigenvalue weighted by Crippen LogP contribution is 2.26. The molecule has 3 N–H and O–H groups in total. The molecule has 2 atom stereocenters. The Bertz CT molecular complexity index is 430. The fourth-order valence-corrected chi connectivity index (χ4v) is 2.21. The van der Waals surface area contributed by atoms with Crippen LogP contribution < -0.4 is 0 Å². The molecule has 0 saturated carbocycles. The Morgan fingerprint density at radius 2 is 2.06 bits per heavy atom. The summed E-state index contributed by atoms with van der Waals surface area (Å²) in [5, 5.41) is 19.8. The van der Waals surface area contributed by atoms with E-state index >= 15 is 0 Å². The first kappa shape index (κ1) is 15.2. The van der Waals surface area contributed by atoms with Crippen molar-refractivity contribution in [3.63, 3.8) is 0 Å². The Morgan fingerprint density at radius 1 is 1.44 bits per heavy atom. The quantitative estimate of drug-likeness (QED) is 0.568. The molecule has 0 aliphatic heterocycles. The number of aliphatic hydroxyl groups is 2. The van der Waals surface area contributed by atoms with E-state index in [1.165, 1.54) is 0 Å². The van der Waals surface area contributed by atoms with E-state index in [0.29, 0.717) is 29.1 Å². The number of esters is 1. The maximum Gasteiger partial charge on any atom is 0.340 e. The first-order valence-corrected chi connectivity index (χ1v) is 6.84. The van der Waals surface area contributed by atoms with Gasteiger partial charge >= 0.3 is 5.97 Å². The molecule has 18 heavy (non-hydrogen) atoms. The van der Waals surface area contributed by atoms with E-state index in [-0.39, 0.29) is 5.33 Å². The summed E-state index contributed by atoms with van der Waals surface area (Å²) in [6.45, 7) is 5.48. The van der Waals surface area contributed by atoms with Gasteiger partial charge in [0.15, 0.2) is 0 Å². The van der Waals surface area contributed by atoms with Crippen LogP contribution in [0.2, 0.25) is 0 Å². The number of rotatable bonds is 5. The van der Waals surface area contributed by atoms with Crippen molar-refractivity contribution in [3.05, 3.63) is 22.5 Å². The maximum atomic E-state index is 11.8. The Morgan fingerprint density at radius 3 is 2.56 bits per heavy atom.